The van der Waals surface area contributed by atoms with E-state index in [2.05, 4.69) is 47.8 Å². The highest BCUT2D eigenvalue weighted by Crippen LogP contribution is 2.31. The van der Waals surface area contributed by atoms with Crippen LogP contribution in [0.15, 0.2) is 0 Å². The predicted octanol–water partition coefficient (Wildman–Crippen LogP) is 2.61. The maximum absolute atomic E-state index is 4.64. The van der Waals surface area contributed by atoms with Crippen molar-refractivity contribution in [3.05, 3.63) is 11.3 Å². The first-order valence-corrected chi connectivity index (χ1v) is 7.68. The van der Waals surface area contributed by atoms with Crippen LogP contribution in [-0.4, -0.2) is 28.9 Å². The van der Waals surface area contributed by atoms with Crippen molar-refractivity contribution < 1.29 is 0 Å². The normalized spacial score (nSPS) is 16.2. The first-order chi connectivity index (χ1) is 9.19. The standard InChI is InChI=1S/C15H28N4/c1-5-16-11-14-12(3)17-18(4)15(14)19(6-2)13-9-7-8-10-13/h13,16H,5-11H2,1-4H3. The van der Waals surface area contributed by atoms with Crippen LogP contribution >= 0.6 is 0 Å². The lowest BCUT2D eigenvalue weighted by atomic mass is 10.1. The Morgan fingerprint density at radius 1 is 1.32 bits per heavy atom. The fraction of sp³-hybridized carbons (Fsp3) is 0.800. The molecule has 1 N–H and O–H groups in total. The molecule has 1 fully saturated rings. The Morgan fingerprint density at radius 3 is 2.58 bits per heavy atom. The van der Waals surface area contributed by atoms with Crippen LogP contribution in [0.4, 0.5) is 5.82 Å². The van der Waals surface area contributed by atoms with Crippen LogP contribution in [0.5, 0.6) is 0 Å². The van der Waals surface area contributed by atoms with Crippen LogP contribution in [0.3, 0.4) is 0 Å². The van der Waals surface area contributed by atoms with Gasteiger partial charge in [0, 0.05) is 31.7 Å². The van der Waals surface area contributed by atoms with Crippen LogP contribution in [0, 0.1) is 6.92 Å². The summed E-state index contributed by atoms with van der Waals surface area (Å²) >= 11 is 0. The second-order valence-corrected chi connectivity index (χ2v) is 5.52. The molecule has 0 radical (unpaired) electrons. The molecule has 0 atom stereocenters. The van der Waals surface area contributed by atoms with Gasteiger partial charge >= 0.3 is 0 Å². The number of anilines is 1. The van der Waals surface area contributed by atoms with Gasteiger partial charge in [0.15, 0.2) is 0 Å². The Bertz CT molecular complexity index is 405. The average molecular weight is 264 g/mol. The number of hydrogen-bond acceptors (Lipinski definition) is 3. The maximum Gasteiger partial charge on any atom is 0.131 e. The molecule has 1 aliphatic rings. The molecule has 4 heteroatoms. The van der Waals surface area contributed by atoms with E-state index in [1.165, 1.54) is 37.1 Å². The monoisotopic (exact) mass is 264 g/mol. The molecule has 19 heavy (non-hydrogen) atoms. The van der Waals surface area contributed by atoms with E-state index in [1.54, 1.807) is 0 Å². The van der Waals surface area contributed by atoms with Crippen molar-refractivity contribution in [2.75, 3.05) is 18.0 Å². The molecule has 0 aliphatic heterocycles. The molecule has 1 heterocycles. The number of rotatable bonds is 6. The first kappa shape index (κ1) is 14.4. The molecule has 0 bridgehead atoms. The van der Waals surface area contributed by atoms with Crippen LogP contribution in [0.2, 0.25) is 0 Å². The molecule has 1 aromatic rings. The van der Waals surface area contributed by atoms with E-state index >= 15 is 0 Å². The van der Waals surface area contributed by atoms with Gasteiger partial charge in [0.2, 0.25) is 0 Å². The van der Waals surface area contributed by atoms with Gasteiger partial charge in [-0.2, -0.15) is 5.10 Å². The van der Waals surface area contributed by atoms with Gasteiger partial charge in [-0.1, -0.05) is 19.8 Å². The second-order valence-electron chi connectivity index (χ2n) is 5.52. The summed E-state index contributed by atoms with van der Waals surface area (Å²) < 4.78 is 2.07. The Morgan fingerprint density at radius 2 is 2.00 bits per heavy atom. The number of hydrogen-bond donors (Lipinski definition) is 1. The molecular formula is C15H28N4. The summed E-state index contributed by atoms with van der Waals surface area (Å²) in [4.78, 5) is 2.57. The van der Waals surface area contributed by atoms with Crippen LogP contribution < -0.4 is 10.2 Å². The molecule has 2 rings (SSSR count). The van der Waals surface area contributed by atoms with Crippen molar-refractivity contribution in [2.24, 2.45) is 7.05 Å². The summed E-state index contributed by atoms with van der Waals surface area (Å²) in [5.74, 6) is 1.33. The summed E-state index contributed by atoms with van der Waals surface area (Å²) in [6.07, 6.45) is 5.42. The summed E-state index contributed by atoms with van der Waals surface area (Å²) in [5, 5.41) is 8.09. The van der Waals surface area contributed by atoms with Gasteiger partial charge in [-0.05, 0) is 33.2 Å². The quantitative estimate of drug-likeness (QED) is 0.857. The molecule has 0 saturated heterocycles. The third-order valence-electron chi connectivity index (χ3n) is 4.24. The van der Waals surface area contributed by atoms with Gasteiger partial charge in [-0.15, -0.1) is 0 Å². The Balaban J connectivity index is 2.29. The van der Waals surface area contributed by atoms with E-state index in [4.69, 9.17) is 0 Å². The lowest BCUT2D eigenvalue weighted by Crippen LogP contribution is -2.35. The Hall–Kier alpha value is -1.03. The topological polar surface area (TPSA) is 33.1 Å². The van der Waals surface area contributed by atoms with E-state index in [0.29, 0.717) is 6.04 Å². The zero-order valence-corrected chi connectivity index (χ0v) is 12.9. The van der Waals surface area contributed by atoms with Crippen molar-refractivity contribution in [3.63, 3.8) is 0 Å². The fourth-order valence-electron chi connectivity index (χ4n) is 3.30. The Labute approximate surface area is 117 Å². The molecule has 0 aromatic carbocycles. The largest absolute Gasteiger partial charge is 0.354 e. The van der Waals surface area contributed by atoms with Gasteiger partial charge in [0.25, 0.3) is 0 Å². The van der Waals surface area contributed by atoms with E-state index in [0.717, 1.165) is 25.3 Å². The summed E-state index contributed by atoms with van der Waals surface area (Å²) in [7, 11) is 2.08. The van der Waals surface area contributed by atoms with Crippen molar-refractivity contribution in [1.82, 2.24) is 15.1 Å². The lowest BCUT2D eigenvalue weighted by Gasteiger charge is -2.30. The number of aryl methyl sites for hydroxylation is 2. The molecule has 0 spiro atoms. The smallest absolute Gasteiger partial charge is 0.131 e. The molecule has 1 saturated carbocycles. The molecular weight excluding hydrogens is 236 g/mol. The van der Waals surface area contributed by atoms with Gasteiger partial charge in [-0.25, -0.2) is 0 Å². The predicted molar refractivity (Wildman–Crippen MR) is 80.6 cm³/mol. The second kappa shape index (κ2) is 6.42. The Kier molecular flexibility index (Phi) is 4.86. The van der Waals surface area contributed by atoms with Gasteiger partial charge < -0.3 is 10.2 Å². The average Bonchev–Trinajstić information content (AvgIpc) is 2.99. The van der Waals surface area contributed by atoms with Crippen molar-refractivity contribution >= 4 is 5.82 Å². The van der Waals surface area contributed by atoms with Crippen LogP contribution in [-0.2, 0) is 13.6 Å². The van der Waals surface area contributed by atoms with Crippen LogP contribution in [0.1, 0.15) is 50.8 Å². The summed E-state index contributed by atoms with van der Waals surface area (Å²) in [6.45, 7) is 9.54. The molecule has 1 aromatic heterocycles. The summed E-state index contributed by atoms with van der Waals surface area (Å²) in [5.41, 5.74) is 2.54. The van der Waals surface area contributed by atoms with Crippen molar-refractivity contribution in [1.29, 1.82) is 0 Å². The maximum atomic E-state index is 4.64. The van der Waals surface area contributed by atoms with Crippen LogP contribution in [0.25, 0.3) is 0 Å². The first-order valence-electron chi connectivity index (χ1n) is 7.68. The van der Waals surface area contributed by atoms with Gasteiger partial charge in [0.05, 0.1) is 5.69 Å². The third-order valence-corrected chi connectivity index (χ3v) is 4.24. The van der Waals surface area contributed by atoms with E-state index < -0.39 is 0 Å². The van der Waals surface area contributed by atoms with Crippen molar-refractivity contribution in [2.45, 2.75) is 59.0 Å². The SMILES string of the molecule is CCNCc1c(C)nn(C)c1N(CC)C1CCCC1. The van der Waals surface area contributed by atoms with Gasteiger partial charge in [0.1, 0.15) is 5.82 Å². The molecule has 0 amide bonds. The zero-order chi connectivity index (χ0) is 13.8. The van der Waals surface area contributed by atoms with E-state index in [-0.39, 0.29) is 0 Å². The molecule has 0 unspecified atom stereocenters. The number of nitrogens with one attached hydrogen (secondary N) is 1. The number of aromatic nitrogens is 2. The third kappa shape index (κ3) is 2.94. The number of nitrogens with zero attached hydrogens (tertiary/aromatic N) is 3. The van der Waals surface area contributed by atoms with Gasteiger partial charge in [-0.3, -0.25) is 4.68 Å². The highest BCUT2D eigenvalue weighted by atomic mass is 15.4. The minimum absolute atomic E-state index is 0.708. The minimum Gasteiger partial charge on any atom is -0.354 e. The van der Waals surface area contributed by atoms with E-state index in [1.807, 2.05) is 0 Å². The summed E-state index contributed by atoms with van der Waals surface area (Å²) in [6, 6.07) is 0.708. The lowest BCUT2D eigenvalue weighted by molar-refractivity contribution is 0.587. The highest BCUT2D eigenvalue weighted by molar-refractivity contribution is 5.51. The highest BCUT2D eigenvalue weighted by Gasteiger charge is 2.26. The van der Waals surface area contributed by atoms with Crippen molar-refractivity contribution in [3.8, 4) is 0 Å². The van der Waals surface area contributed by atoms with E-state index in [9.17, 15) is 0 Å². The zero-order valence-electron chi connectivity index (χ0n) is 12.9. The fourth-order valence-corrected chi connectivity index (χ4v) is 3.30. The molecule has 108 valence electrons. The minimum atomic E-state index is 0.708. The molecule has 1 aliphatic carbocycles. The molecule has 4 nitrogen and oxygen atoms in total.